The molecule has 5 heteroatoms. The Bertz CT molecular complexity index is 434. The topological polar surface area (TPSA) is 18.5 Å². The quantitative estimate of drug-likeness (QED) is 0.482. The van der Waals surface area contributed by atoms with Gasteiger partial charge in [0.2, 0.25) is 0 Å². The number of hydrogen-bond acceptors (Lipinski definition) is 2. The predicted octanol–water partition coefficient (Wildman–Crippen LogP) is 5.45. The number of rotatable bonds is 3. The summed E-state index contributed by atoms with van der Waals surface area (Å²) in [6, 6.07) is 0. The van der Waals surface area contributed by atoms with E-state index in [1.807, 2.05) is 27.7 Å². The maximum absolute atomic E-state index is 14.8. The van der Waals surface area contributed by atoms with Gasteiger partial charge in [-0.15, -0.1) is 0 Å². The van der Waals surface area contributed by atoms with Crippen LogP contribution in [0.5, 0.6) is 0 Å². The van der Waals surface area contributed by atoms with E-state index in [1.165, 1.54) is 0 Å². The van der Waals surface area contributed by atoms with E-state index in [0.717, 1.165) is 36.6 Å². The highest BCUT2D eigenvalue weighted by Gasteiger charge is 2.53. The fourth-order valence-electron chi connectivity index (χ4n) is 3.21. The Morgan fingerprint density at radius 2 is 1.64 bits per heavy atom. The Kier molecular flexibility index (Phi) is 5.22. The molecule has 0 aromatic carbocycles. The highest BCUT2D eigenvalue weighted by Crippen LogP contribution is 2.44. The van der Waals surface area contributed by atoms with Crippen molar-refractivity contribution < 1.29 is 13.7 Å². The molecule has 1 saturated carbocycles. The molecule has 0 N–H and O–H groups in total. The highest BCUT2D eigenvalue weighted by molar-refractivity contribution is 9.09. The van der Waals surface area contributed by atoms with Crippen LogP contribution in [0, 0.1) is 11.3 Å². The molecule has 1 heterocycles. The molecular weight excluding hydrogens is 346 g/mol. The zero-order chi connectivity index (χ0) is 16.8. The summed E-state index contributed by atoms with van der Waals surface area (Å²) < 4.78 is 26.5. The lowest BCUT2D eigenvalue weighted by atomic mass is 9.69. The maximum atomic E-state index is 14.8. The average Bonchev–Trinajstić information content (AvgIpc) is 2.67. The molecule has 0 radical (unpaired) electrons. The minimum absolute atomic E-state index is 0.186. The molecule has 2 fully saturated rings. The largest absolute Gasteiger partial charge is 0.525 e. The predicted molar refractivity (Wildman–Crippen MR) is 93.7 cm³/mol. The van der Waals surface area contributed by atoms with Crippen LogP contribution in [0.25, 0.3) is 0 Å². The zero-order valence-corrected chi connectivity index (χ0v) is 16.3. The normalized spacial score (nSPS) is 28.1. The minimum Gasteiger partial charge on any atom is -0.398 e. The summed E-state index contributed by atoms with van der Waals surface area (Å²) in [5.74, 6) is 0.640. The lowest BCUT2D eigenvalue weighted by molar-refractivity contribution is 0.00578. The van der Waals surface area contributed by atoms with Crippen molar-refractivity contribution in [3.8, 4) is 0 Å². The van der Waals surface area contributed by atoms with Crippen molar-refractivity contribution in [2.24, 2.45) is 11.3 Å². The first-order valence-electron chi connectivity index (χ1n) is 8.29. The monoisotopic (exact) mass is 374 g/mol. The molecule has 22 heavy (non-hydrogen) atoms. The molecule has 2 aliphatic rings. The SMILES string of the molecule is CC(C)(CBr)C1CCC(=C(F)B2OC(C)(C)C(C)(C)O2)CC1. The second kappa shape index (κ2) is 6.21. The molecule has 2 nitrogen and oxygen atoms in total. The smallest absolute Gasteiger partial charge is 0.398 e. The number of alkyl halides is 1. The second-order valence-electron chi connectivity index (χ2n) is 8.44. The molecule has 0 aromatic rings. The molecule has 1 aliphatic heterocycles. The molecule has 1 saturated heterocycles. The lowest BCUT2D eigenvalue weighted by Crippen LogP contribution is -2.41. The van der Waals surface area contributed by atoms with Crippen LogP contribution in [0.3, 0.4) is 0 Å². The van der Waals surface area contributed by atoms with E-state index in [0.29, 0.717) is 5.92 Å². The summed E-state index contributed by atoms with van der Waals surface area (Å²) in [5.41, 5.74) is 0.00999. The lowest BCUT2D eigenvalue weighted by Gasteiger charge is -2.36. The minimum atomic E-state index is -0.833. The van der Waals surface area contributed by atoms with Crippen LogP contribution in [0.4, 0.5) is 4.39 Å². The third kappa shape index (κ3) is 3.46. The highest BCUT2D eigenvalue weighted by atomic mass is 79.9. The molecule has 1 aliphatic carbocycles. The van der Waals surface area contributed by atoms with Crippen LogP contribution in [-0.2, 0) is 9.31 Å². The molecule has 0 bridgehead atoms. The Balaban J connectivity index is 2.05. The number of allylic oxidation sites excluding steroid dienone is 1. The van der Waals surface area contributed by atoms with Crippen molar-refractivity contribution >= 4 is 23.0 Å². The van der Waals surface area contributed by atoms with Crippen LogP contribution in [0.15, 0.2) is 11.3 Å². The van der Waals surface area contributed by atoms with Crippen LogP contribution >= 0.6 is 15.9 Å². The van der Waals surface area contributed by atoms with Gasteiger partial charge < -0.3 is 9.31 Å². The molecule has 0 spiro atoms. The van der Waals surface area contributed by atoms with E-state index in [2.05, 4.69) is 29.8 Å². The van der Waals surface area contributed by atoms with Crippen molar-refractivity contribution in [2.45, 2.75) is 78.4 Å². The van der Waals surface area contributed by atoms with E-state index < -0.39 is 18.3 Å². The summed E-state index contributed by atoms with van der Waals surface area (Å²) in [4.78, 5) is 0. The van der Waals surface area contributed by atoms with Crippen molar-refractivity contribution in [3.05, 3.63) is 11.3 Å². The van der Waals surface area contributed by atoms with Gasteiger partial charge in [0.05, 0.1) is 11.2 Å². The molecule has 0 amide bonds. The van der Waals surface area contributed by atoms with Gasteiger partial charge in [-0.1, -0.05) is 29.8 Å². The van der Waals surface area contributed by atoms with Gasteiger partial charge in [0.1, 0.15) is 5.73 Å². The average molecular weight is 375 g/mol. The van der Waals surface area contributed by atoms with Gasteiger partial charge in [0.15, 0.2) is 0 Å². The first-order valence-corrected chi connectivity index (χ1v) is 9.41. The third-order valence-electron chi connectivity index (χ3n) is 5.84. The number of hydrogen-bond donors (Lipinski definition) is 0. The van der Waals surface area contributed by atoms with Gasteiger partial charge in [-0.05, 0) is 70.3 Å². The molecular formula is C17H29BBrFO2. The van der Waals surface area contributed by atoms with E-state index in [-0.39, 0.29) is 11.1 Å². The van der Waals surface area contributed by atoms with E-state index in [9.17, 15) is 4.39 Å². The molecule has 2 rings (SSSR count). The van der Waals surface area contributed by atoms with Gasteiger partial charge in [-0.2, -0.15) is 0 Å². The fraction of sp³-hybridized carbons (Fsp3) is 0.882. The van der Waals surface area contributed by atoms with Crippen LogP contribution in [0.1, 0.15) is 67.2 Å². The molecule has 0 unspecified atom stereocenters. The van der Waals surface area contributed by atoms with Crippen molar-refractivity contribution in [1.29, 1.82) is 0 Å². The van der Waals surface area contributed by atoms with Crippen LogP contribution in [0.2, 0.25) is 0 Å². The van der Waals surface area contributed by atoms with Gasteiger partial charge in [0.25, 0.3) is 0 Å². The van der Waals surface area contributed by atoms with Gasteiger partial charge >= 0.3 is 7.12 Å². The standard InChI is InChI=1S/C17H29BBrFO2/c1-15(2,11-19)13-9-7-12(8-10-13)14(20)18-21-16(3,4)17(5,6)22-18/h13H,7-11H2,1-6H3. The summed E-state index contributed by atoms with van der Waals surface area (Å²) >= 11 is 3.60. The molecule has 0 atom stereocenters. The Hall–Kier alpha value is 0.135. The van der Waals surface area contributed by atoms with E-state index in [1.54, 1.807) is 0 Å². The van der Waals surface area contributed by atoms with Gasteiger partial charge in [-0.3, -0.25) is 0 Å². The first kappa shape index (κ1) is 18.5. The molecule has 126 valence electrons. The van der Waals surface area contributed by atoms with Crippen molar-refractivity contribution in [3.63, 3.8) is 0 Å². The second-order valence-corrected chi connectivity index (χ2v) is 9.00. The maximum Gasteiger partial charge on any atom is 0.525 e. The van der Waals surface area contributed by atoms with E-state index >= 15 is 0 Å². The summed E-state index contributed by atoms with van der Waals surface area (Å²) in [6.45, 7) is 12.4. The first-order chi connectivity index (χ1) is 10.00. The zero-order valence-electron chi connectivity index (χ0n) is 14.8. The molecule has 0 aromatic heterocycles. The van der Waals surface area contributed by atoms with Gasteiger partial charge in [-0.25, -0.2) is 4.39 Å². The van der Waals surface area contributed by atoms with Gasteiger partial charge in [0, 0.05) is 5.33 Å². The van der Waals surface area contributed by atoms with Crippen molar-refractivity contribution in [2.75, 3.05) is 5.33 Å². The summed E-state index contributed by atoms with van der Waals surface area (Å²) in [7, 11) is -0.833. The van der Waals surface area contributed by atoms with Crippen molar-refractivity contribution in [1.82, 2.24) is 0 Å². The third-order valence-corrected chi connectivity index (χ3v) is 7.28. The fourth-order valence-corrected chi connectivity index (χ4v) is 3.67. The summed E-state index contributed by atoms with van der Waals surface area (Å²) in [5, 5.41) is 0.990. The van der Waals surface area contributed by atoms with Crippen LogP contribution in [-0.4, -0.2) is 23.7 Å². The Morgan fingerprint density at radius 1 is 1.18 bits per heavy atom. The number of halogens is 2. The Morgan fingerprint density at radius 3 is 2.05 bits per heavy atom. The summed E-state index contributed by atoms with van der Waals surface area (Å²) in [6.07, 6.45) is 3.72. The van der Waals surface area contributed by atoms with Crippen LogP contribution < -0.4 is 0 Å². The Labute approximate surface area is 143 Å². The van der Waals surface area contributed by atoms with E-state index in [4.69, 9.17) is 9.31 Å².